The second-order valence-corrected chi connectivity index (χ2v) is 16.8. The van der Waals surface area contributed by atoms with Gasteiger partial charge in [-0.2, -0.15) is 0 Å². The van der Waals surface area contributed by atoms with Crippen molar-refractivity contribution in [3.63, 3.8) is 0 Å². The van der Waals surface area contributed by atoms with Gasteiger partial charge in [0.15, 0.2) is 0 Å². The summed E-state index contributed by atoms with van der Waals surface area (Å²) in [6.07, 6.45) is 0. The van der Waals surface area contributed by atoms with E-state index in [1.165, 1.54) is 93.2 Å². The molecule has 1 nitrogen and oxygen atoms in total. The molecule has 0 saturated heterocycles. The number of benzene rings is 12. The van der Waals surface area contributed by atoms with E-state index in [9.17, 15) is 0 Å². The highest BCUT2D eigenvalue weighted by molar-refractivity contribution is 6.22. The Kier molecular flexibility index (Phi) is 9.58. The zero-order chi connectivity index (χ0) is 43.1. The number of hydrogen-bond acceptors (Lipinski definition) is 1. The minimum atomic E-state index is 1.09. The Morgan fingerprint density at radius 3 is 1.38 bits per heavy atom. The van der Waals surface area contributed by atoms with Crippen molar-refractivity contribution in [2.24, 2.45) is 0 Å². The van der Waals surface area contributed by atoms with Gasteiger partial charge in [0.1, 0.15) is 0 Å². The lowest BCUT2D eigenvalue weighted by atomic mass is 9.84. The van der Waals surface area contributed by atoms with Crippen molar-refractivity contribution in [2.45, 2.75) is 0 Å². The van der Waals surface area contributed by atoms with Gasteiger partial charge in [-0.05, 0) is 130 Å². The largest absolute Gasteiger partial charge is 0.310 e. The summed E-state index contributed by atoms with van der Waals surface area (Å²) in [6.45, 7) is 0. The number of rotatable bonds is 8. The first-order chi connectivity index (χ1) is 32.3. The molecule has 0 amide bonds. The SMILES string of the molecule is c1ccc(-c2ccc(N(c3cccc(-c4ccc5c(c4)c(-c4ccccc4)c(-c4ccccc4)c4ccccc45)c3)c3cccc(-c4cccc5ccccc45)c3)c3ccccc23)cc1. The van der Waals surface area contributed by atoms with Gasteiger partial charge in [-0.1, -0.05) is 224 Å². The third-order valence-electron chi connectivity index (χ3n) is 13.0. The lowest BCUT2D eigenvalue weighted by Crippen LogP contribution is -2.11. The summed E-state index contributed by atoms with van der Waals surface area (Å²) in [6, 6.07) is 95.3. The van der Waals surface area contributed by atoms with Gasteiger partial charge in [0.25, 0.3) is 0 Å². The van der Waals surface area contributed by atoms with E-state index in [0.717, 1.165) is 22.6 Å². The first-order valence-electron chi connectivity index (χ1n) is 22.4. The van der Waals surface area contributed by atoms with Crippen LogP contribution in [0.15, 0.2) is 261 Å². The zero-order valence-corrected chi connectivity index (χ0v) is 35.8. The molecule has 0 N–H and O–H groups in total. The third-order valence-corrected chi connectivity index (χ3v) is 13.0. The Morgan fingerprint density at radius 1 is 0.215 bits per heavy atom. The maximum Gasteiger partial charge on any atom is 0.0540 e. The average Bonchev–Trinajstić information content (AvgIpc) is 3.39. The molecule has 0 saturated carbocycles. The van der Waals surface area contributed by atoms with Crippen LogP contribution in [0.2, 0.25) is 0 Å². The third kappa shape index (κ3) is 6.82. The van der Waals surface area contributed by atoms with Gasteiger partial charge in [-0.15, -0.1) is 0 Å². The normalized spacial score (nSPS) is 11.4. The monoisotopic (exact) mass is 825 g/mol. The van der Waals surface area contributed by atoms with Crippen LogP contribution in [0.5, 0.6) is 0 Å². The highest BCUT2D eigenvalue weighted by Gasteiger charge is 2.21. The molecule has 0 aliphatic rings. The van der Waals surface area contributed by atoms with Crippen molar-refractivity contribution in [3.05, 3.63) is 261 Å². The predicted molar refractivity (Wildman–Crippen MR) is 278 cm³/mol. The molecule has 0 spiro atoms. The van der Waals surface area contributed by atoms with Crippen LogP contribution in [0.25, 0.3) is 98.7 Å². The Morgan fingerprint density at radius 2 is 0.677 bits per heavy atom. The fourth-order valence-corrected chi connectivity index (χ4v) is 10.1. The number of fused-ring (bicyclic) bond motifs is 5. The van der Waals surface area contributed by atoms with Crippen LogP contribution in [-0.4, -0.2) is 0 Å². The topological polar surface area (TPSA) is 3.24 Å². The number of nitrogens with zero attached hydrogens (tertiary/aromatic N) is 1. The molecule has 0 fully saturated rings. The van der Waals surface area contributed by atoms with Crippen molar-refractivity contribution < 1.29 is 0 Å². The Bertz CT molecular complexity index is 3700. The van der Waals surface area contributed by atoms with E-state index in [-0.39, 0.29) is 0 Å². The van der Waals surface area contributed by atoms with E-state index >= 15 is 0 Å². The molecule has 0 aromatic heterocycles. The molecule has 0 aliphatic heterocycles. The number of anilines is 3. The van der Waals surface area contributed by atoms with Crippen LogP contribution in [0.1, 0.15) is 0 Å². The summed E-state index contributed by atoms with van der Waals surface area (Å²) in [7, 11) is 0. The molecule has 12 rings (SSSR count). The standard InChI is InChI=1S/C64H43N/c1-4-19-44(20-5-1)55-39-40-62(59-34-14-12-32-56(55)59)65(52-30-17-28-50(42-52)54-36-18-26-45-21-10-11-31-53(45)54)51-29-16-27-48(41-51)49-37-38-58-57-33-13-15-35-60(57)63(46-22-6-2-7-23-46)64(61(58)43-49)47-24-8-3-9-25-47/h1-43H. The summed E-state index contributed by atoms with van der Waals surface area (Å²) in [5, 5.41) is 9.87. The van der Waals surface area contributed by atoms with Crippen molar-refractivity contribution >= 4 is 60.2 Å². The first kappa shape index (κ1) is 38.2. The van der Waals surface area contributed by atoms with Crippen LogP contribution in [0, 0.1) is 0 Å². The van der Waals surface area contributed by atoms with Gasteiger partial charge in [0.05, 0.1) is 5.69 Å². The van der Waals surface area contributed by atoms with E-state index in [2.05, 4.69) is 266 Å². The molecule has 12 aromatic rings. The maximum atomic E-state index is 2.45. The molecule has 0 bridgehead atoms. The molecule has 304 valence electrons. The molecule has 0 atom stereocenters. The quantitative estimate of drug-likeness (QED) is 0.138. The fraction of sp³-hybridized carbons (Fsp3) is 0. The highest BCUT2D eigenvalue weighted by Crippen LogP contribution is 2.47. The van der Waals surface area contributed by atoms with Crippen molar-refractivity contribution in [2.75, 3.05) is 4.90 Å². The van der Waals surface area contributed by atoms with E-state index < -0.39 is 0 Å². The van der Waals surface area contributed by atoms with Gasteiger partial charge in [-0.3, -0.25) is 0 Å². The minimum Gasteiger partial charge on any atom is -0.310 e. The second-order valence-electron chi connectivity index (χ2n) is 16.8. The van der Waals surface area contributed by atoms with Gasteiger partial charge < -0.3 is 4.90 Å². The van der Waals surface area contributed by atoms with Crippen LogP contribution < -0.4 is 4.90 Å². The fourth-order valence-electron chi connectivity index (χ4n) is 10.1. The number of hydrogen-bond donors (Lipinski definition) is 0. The van der Waals surface area contributed by atoms with Crippen LogP contribution in [-0.2, 0) is 0 Å². The highest BCUT2D eigenvalue weighted by atomic mass is 15.1. The summed E-state index contributed by atoms with van der Waals surface area (Å²) < 4.78 is 0. The van der Waals surface area contributed by atoms with Crippen LogP contribution >= 0.6 is 0 Å². The molecule has 0 aliphatic carbocycles. The smallest absolute Gasteiger partial charge is 0.0540 e. The average molecular weight is 826 g/mol. The van der Waals surface area contributed by atoms with Crippen LogP contribution in [0.3, 0.4) is 0 Å². The lowest BCUT2D eigenvalue weighted by molar-refractivity contribution is 1.30. The van der Waals surface area contributed by atoms with Gasteiger partial charge >= 0.3 is 0 Å². The van der Waals surface area contributed by atoms with Gasteiger partial charge in [0, 0.05) is 16.8 Å². The molecular weight excluding hydrogens is 783 g/mol. The molecule has 65 heavy (non-hydrogen) atoms. The van der Waals surface area contributed by atoms with Crippen molar-refractivity contribution in [1.82, 2.24) is 0 Å². The summed E-state index contributed by atoms with van der Waals surface area (Å²) in [4.78, 5) is 2.45. The molecule has 0 radical (unpaired) electrons. The summed E-state index contributed by atoms with van der Waals surface area (Å²) in [5.41, 5.74) is 15.4. The Labute approximate surface area is 379 Å². The van der Waals surface area contributed by atoms with E-state index in [1.54, 1.807) is 0 Å². The Balaban J connectivity index is 1.08. The summed E-state index contributed by atoms with van der Waals surface area (Å²) in [5.74, 6) is 0. The van der Waals surface area contributed by atoms with E-state index in [0.29, 0.717) is 0 Å². The van der Waals surface area contributed by atoms with Crippen molar-refractivity contribution in [3.8, 4) is 55.6 Å². The lowest BCUT2D eigenvalue weighted by Gasteiger charge is -2.28. The van der Waals surface area contributed by atoms with Crippen molar-refractivity contribution in [1.29, 1.82) is 0 Å². The second kappa shape index (κ2) is 16.3. The van der Waals surface area contributed by atoms with E-state index in [1.807, 2.05) is 0 Å². The van der Waals surface area contributed by atoms with Crippen LogP contribution in [0.4, 0.5) is 17.1 Å². The summed E-state index contributed by atoms with van der Waals surface area (Å²) >= 11 is 0. The Hall–Kier alpha value is -8.52. The minimum absolute atomic E-state index is 1.09. The van der Waals surface area contributed by atoms with E-state index in [4.69, 9.17) is 0 Å². The molecule has 12 aromatic carbocycles. The van der Waals surface area contributed by atoms with Gasteiger partial charge in [-0.25, -0.2) is 0 Å². The first-order valence-corrected chi connectivity index (χ1v) is 22.4. The van der Waals surface area contributed by atoms with Gasteiger partial charge in [0.2, 0.25) is 0 Å². The predicted octanol–water partition coefficient (Wildman–Crippen LogP) is 18.1. The molecule has 0 heterocycles. The molecule has 1 heteroatoms. The zero-order valence-electron chi connectivity index (χ0n) is 35.8. The molecule has 0 unspecified atom stereocenters. The maximum absolute atomic E-state index is 2.45. The molecular formula is C64H43N.